The summed E-state index contributed by atoms with van der Waals surface area (Å²) in [6.45, 7) is 11.0. The number of hydrogen-bond donors (Lipinski definition) is 0. The lowest BCUT2D eigenvalue weighted by Gasteiger charge is -2.43. The van der Waals surface area contributed by atoms with Crippen LogP contribution in [-0.4, -0.2) is 27.0 Å². The maximum Gasteiger partial charge on any atom is 0.273 e. The van der Waals surface area contributed by atoms with E-state index in [2.05, 4.69) is 39.0 Å². The topological polar surface area (TPSA) is 41.9 Å². The molecule has 5 heteroatoms. The van der Waals surface area contributed by atoms with E-state index in [9.17, 15) is 4.79 Å². The van der Waals surface area contributed by atoms with Crippen LogP contribution in [0.4, 0.5) is 5.69 Å². The van der Waals surface area contributed by atoms with Gasteiger partial charge in [-0.25, -0.2) is 0 Å². The molecule has 0 spiro atoms. The average Bonchev–Trinajstić information content (AvgIpc) is 2.62. The number of amides is 1. The quantitative estimate of drug-likeness (QED) is 0.619. The first kappa shape index (κ1) is 14.8. The number of nitrogens with zero attached hydrogens (tertiary/aromatic N) is 2. The summed E-state index contributed by atoms with van der Waals surface area (Å²) >= 11 is 0. The normalized spacial score (nSPS) is 17.6. The van der Waals surface area contributed by atoms with E-state index in [1.54, 1.807) is 0 Å². The number of para-hydroxylation sites is 1. The SMILES string of the molecule is CO/N=C1\C(=O)N([Si](C)(C)C(C)(C)C)c2ccccc21. The second kappa shape index (κ2) is 4.73. The second-order valence-electron chi connectivity index (χ2n) is 6.59. The van der Waals surface area contributed by atoms with Crippen molar-refractivity contribution in [3.8, 4) is 0 Å². The molecule has 1 aromatic carbocycles. The van der Waals surface area contributed by atoms with Crippen LogP contribution in [0.3, 0.4) is 0 Å². The Morgan fingerprint density at radius 2 is 1.80 bits per heavy atom. The van der Waals surface area contributed by atoms with Gasteiger partial charge in [-0.15, -0.1) is 0 Å². The Labute approximate surface area is 121 Å². The monoisotopic (exact) mass is 290 g/mol. The number of fused-ring (bicyclic) bond motifs is 1. The van der Waals surface area contributed by atoms with Gasteiger partial charge in [-0.3, -0.25) is 4.79 Å². The summed E-state index contributed by atoms with van der Waals surface area (Å²) in [7, 11) is -0.539. The van der Waals surface area contributed by atoms with Crippen molar-refractivity contribution in [2.45, 2.75) is 38.9 Å². The van der Waals surface area contributed by atoms with Gasteiger partial charge in [-0.1, -0.05) is 57.2 Å². The van der Waals surface area contributed by atoms with Crippen LogP contribution in [0.15, 0.2) is 29.4 Å². The van der Waals surface area contributed by atoms with Gasteiger partial charge in [0.25, 0.3) is 5.91 Å². The Kier molecular flexibility index (Phi) is 3.50. The zero-order valence-corrected chi connectivity index (χ0v) is 14.0. The maximum absolute atomic E-state index is 12.8. The van der Waals surface area contributed by atoms with Crippen molar-refractivity contribution in [2.24, 2.45) is 5.16 Å². The number of hydrogen-bond acceptors (Lipinski definition) is 3. The molecule has 20 heavy (non-hydrogen) atoms. The van der Waals surface area contributed by atoms with E-state index < -0.39 is 8.24 Å². The molecule has 0 saturated carbocycles. The smallest absolute Gasteiger partial charge is 0.273 e. The van der Waals surface area contributed by atoms with Gasteiger partial charge in [0, 0.05) is 11.3 Å². The molecular formula is C15H22N2O2Si. The number of carbonyl (C=O) groups is 1. The molecule has 108 valence electrons. The zero-order valence-electron chi connectivity index (χ0n) is 13.0. The fraction of sp³-hybridized carbons (Fsp3) is 0.467. The fourth-order valence-electron chi connectivity index (χ4n) is 2.27. The van der Waals surface area contributed by atoms with Crippen LogP contribution in [0, 0.1) is 0 Å². The largest absolute Gasteiger partial charge is 0.398 e. The van der Waals surface area contributed by atoms with Gasteiger partial charge >= 0.3 is 0 Å². The summed E-state index contributed by atoms with van der Waals surface area (Å²) in [5.41, 5.74) is 2.23. The second-order valence-corrected chi connectivity index (χ2v) is 11.7. The van der Waals surface area contributed by atoms with Crippen LogP contribution in [0.2, 0.25) is 18.1 Å². The van der Waals surface area contributed by atoms with E-state index in [4.69, 9.17) is 4.84 Å². The molecule has 2 rings (SSSR count). The van der Waals surface area contributed by atoms with Crippen molar-refractivity contribution < 1.29 is 9.63 Å². The lowest BCUT2D eigenvalue weighted by Crippen LogP contribution is -2.57. The predicted octanol–water partition coefficient (Wildman–Crippen LogP) is 3.39. The van der Waals surface area contributed by atoms with E-state index in [1.165, 1.54) is 7.11 Å². The van der Waals surface area contributed by atoms with Crippen molar-refractivity contribution in [3.05, 3.63) is 29.8 Å². The Morgan fingerprint density at radius 3 is 2.35 bits per heavy atom. The highest BCUT2D eigenvalue weighted by molar-refractivity contribution is 6.90. The molecule has 4 nitrogen and oxygen atoms in total. The number of rotatable bonds is 2. The minimum atomic E-state index is -2.01. The minimum Gasteiger partial charge on any atom is -0.398 e. The first-order valence-corrected chi connectivity index (χ1v) is 9.71. The lowest BCUT2D eigenvalue weighted by molar-refractivity contribution is -0.111. The Bertz CT molecular complexity index is 573. The number of anilines is 1. The van der Waals surface area contributed by atoms with Crippen molar-refractivity contribution >= 4 is 25.5 Å². The third-order valence-corrected chi connectivity index (χ3v) is 9.62. The van der Waals surface area contributed by atoms with E-state index in [-0.39, 0.29) is 10.9 Å². The zero-order chi connectivity index (χ0) is 15.1. The van der Waals surface area contributed by atoms with Crippen molar-refractivity contribution in [2.75, 3.05) is 11.7 Å². The number of carbonyl (C=O) groups excluding carboxylic acids is 1. The van der Waals surface area contributed by atoms with Crippen molar-refractivity contribution in [1.82, 2.24) is 0 Å². The van der Waals surface area contributed by atoms with Gasteiger partial charge in [0.2, 0.25) is 0 Å². The molecule has 0 saturated heterocycles. The molecule has 0 fully saturated rings. The van der Waals surface area contributed by atoms with Gasteiger partial charge in [0.1, 0.15) is 7.11 Å². The third-order valence-electron chi connectivity index (χ3n) is 4.38. The van der Waals surface area contributed by atoms with Crippen molar-refractivity contribution in [3.63, 3.8) is 0 Å². The number of oxime groups is 1. The molecule has 0 aromatic heterocycles. The lowest BCUT2D eigenvalue weighted by atomic mass is 10.1. The van der Waals surface area contributed by atoms with Gasteiger partial charge in [0.15, 0.2) is 13.9 Å². The molecule has 0 radical (unpaired) electrons. The summed E-state index contributed by atoms with van der Waals surface area (Å²) in [5, 5.41) is 4.01. The van der Waals surface area contributed by atoms with Crippen LogP contribution in [0.1, 0.15) is 26.3 Å². The summed E-state index contributed by atoms with van der Waals surface area (Å²) in [4.78, 5) is 17.7. The van der Waals surface area contributed by atoms with Gasteiger partial charge in [0.05, 0.1) is 0 Å². The van der Waals surface area contributed by atoms with Crippen molar-refractivity contribution in [1.29, 1.82) is 0 Å². The Hall–Kier alpha value is -1.62. The molecule has 0 atom stereocenters. The molecule has 0 N–H and O–H groups in total. The van der Waals surface area contributed by atoms with E-state index in [0.29, 0.717) is 5.71 Å². The first-order valence-electron chi connectivity index (χ1n) is 6.77. The van der Waals surface area contributed by atoms with Gasteiger partial charge in [-0.05, 0) is 11.1 Å². The maximum atomic E-state index is 12.8. The van der Waals surface area contributed by atoms with E-state index in [0.717, 1.165) is 11.3 Å². The predicted molar refractivity (Wildman–Crippen MR) is 84.7 cm³/mol. The molecule has 0 unspecified atom stereocenters. The van der Waals surface area contributed by atoms with Crippen LogP contribution in [0.5, 0.6) is 0 Å². The summed E-state index contributed by atoms with van der Waals surface area (Å²) in [6.07, 6.45) is 0. The van der Waals surface area contributed by atoms with E-state index in [1.807, 2.05) is 28.8 Å². The summed E-state index contributed by atoms with van der Waals surface area (Å²) in [5.74, 6) is -0.0420. The standard InChI is InChI=1S/C15H22N2O2Si/c1-15(2,3)20(5,6)17-12-10-8-7-9-11(12)13(14(17)18)16-19-4/h7-10H,1-6H3/b16-13-. The molecule has 1 heterocycles. The molecule has 1 amide bonds. The third kappa shape index (κ3) is 2.06. The van der Waals surface area contributed by atoms with Gasteiger partial charge < -0.3 is 9.40 Å². The summed E-state index contributed by atoms with van der Waals surface area (Å²) in [6, 6.07) is 7.80. The molecule has 1 aromatic rings. The summed E-state index contributed by atoms with van der Waals surface area (Å²) < 4.78 is 1.97. The van der Waals surface area contributed by atoms with Crippen LogP contribution >= 0.6 is 0 Å². The Balaban J connectivity index is 2.63. The molecule has 0 bridgehead atoms. The highest BCUT2D eigenvalue weighted by atomic mass is 28.3. The average molecular weight is 290 g/mol. The Morgan fingerprint density at radius 1 is 1.20 bits per heavy atom. The van der Waals surface area contributed by atoms with Gasteiger partial charge in [-0.2, -0.15) is 0 Å². The molecule has 1 aliphatic rings. The minimum absolute atomic E-state index is 0.0420. The molecule has 0 aliphatic carbocycles. The molecular weight excluding hydrogens is 268 g/mol. The number of benzene rings is 1. The van der Waals surface area contributed by atoms with Crippen LogP contribution in [0.25, 0.3) is 0 Å². The first-order chi connectivity index (χ1) is 9.21. The van der Waals surface area contributed by atoms with Crippen LogP contribution < -0.4 is 4.57 Å². The van der Waals surface area contributed by atoms with Crippen LogP contribution in [-0.2, 0) is 9.63 Å². The highest BCUT2D eigenvalue weighted by Gasteiger charge is 2.49. The molecule has 1 aliphatic heterocycles. The fourth-order valence-corrected chi connectivity index (χ4v) is 4.35. The highest BCUT2D eigenvalue weighted by Crippen LogP contribution is 2.44. The van der Waals surface area contributed by atoms with E-state index >= 15 is 0 Å².